The predicted molar refractivity (Wildman–Crippen MR) is 123 cm³/mol. The molecule has 2 aromatic rings. The molecule has 0 aliphatic carbocycles. The lowest BCUT2D eigenvalue weighted by atomic mass is 10.1. The molecule has 142 valence electrons. The first-order chi connectivity index (χ1) is 12.0. The number of benzene rings is 1. The number of thiophene rings is 1. The van der Waals surface area contributed by atoms with E-state index in [-0.39, 0.29) is 42.5 Å². The topological polar surface area (TPSA) is 56.7 Å². The van der Waals surface area contributed by atoms with Crippen molar-refractivity contribution in [1.29, 1.82) is 0 Å². The Morgan fingerprint density at radius 3 is 2.62 bits per heavy atom. The summed E-state index contributed by atoms with van der Waals surface area (Å²) < 4.78 is 1.04. The zero-order valence-electron chi connectivity index (χ0n) is 15.0. The Balaban J connectivity index is 0.00000338. The van der Waals surface area contributed by atoms with Gasteiger partial charge in [0.1, 0.15) is 6.54 Å². The number of rotatable bonds is 6. The van der Waals surface area contributed by atoms with Crippen molar-refractivity contribution in [2.45, 2.75) is 19.5 Å². The summed E-state index contributed by atoms with van der Waals surface area (Å²) in [6.07, 6.45) is 0. The molecule has 0 aliphatic heterocycles. The lowest BCUT2D eigenvalue weighted by Gasteiger charge is -2.20. The van der Waals surface area contributed by atoms with Crippen molar-refractivity contribution in [3.8, 4) is 0 Å². The van der Waals surface area contributed by atoms with Crippen LogP contribution >= 0.6 is 51.2 Å². The second-order valence-corrected chi connectivity index (χ2v) is 7.66. The molecule has 0 radical (unpaired) electrons. The van der Waals surface area contributed by atoms with E-state index in [1.54, 1.807) is 25.4 Å². The minimum absolute atomic E-state index is 0. The van der Waals surface area contributed by atoms with Crippen molar-refractivity contribution < 1.29 is 4.79 Å². The van der Waals surface area contributed by atoms with Crippen LogP contribution in [0.1, 0.15) is 23.4 Å². The number of amides is 1. The van der Waals surface area contributed by atoms with Crippen LogP contribution < -0.4 is 10.6 Å². The minimum Gasteiger partial charge on any atom is -0.351 e. The van der Waals surface area contributed by atoms with Gasteiger partial charge in [0.15, 0.2) is 5.96 Å². The van der Waals surface area contributed by atoms with Crippen molar-refractivity contribution in [2.75, 3.05) is 20.6 Å². The van der Waals surface area contributed by atoms with Crippen LogP contribution in [0.25, 0.3) is 0 Å². The van der Waals surface area contributed by atoms with Gasteiger partial charge in [-0.3, -0.25) is 4.79 Å². The first kappa shape index (κ1) is 22.9. The zero-order chi connectivity index (χ0) is 18.2. The minimum atomic E-state index is -0.0363. The van der Waals surface area contributed by atoms with Crippen molar-refractivity contribution in [1.82, 2.24) is 15.5 Å². The monoisotopic (exact) mass is 550 g/mol. The highest BCUT2D eigenvalue weighted by molar-refractivity contribution is 14.0. The fourth-order valence-corrected chi connectivity index (χ4v) is 3.41. The van der Waals surface area contributed by atoms with Gasteiger partial charge >= 0.3 is 0 Å². The summed E-state index contributed by atoms with van der Waals surface area (Å²) in [6, 6.07) is 12.2. The molecule has 0 saturated carbocycles. The molecular weight excluding hydrogens is 527 g/mol. The van der Waals surface area contributed by atoms with Gasteiger partial charge in [0.05, 0.1) is 12.6 Å². The highest BCUT2D eigenvalue weighted by Crippen LogP contribution is 2.22. The number of hydrogen-bond donors (Lipinski definition) is 2. The average Bonchev–Trinajstić information content (AvgIpc) is 3.10. The van der Waals surface area contributed by atoms with Gasteiger partial charge in [-0.25, -0.2) is 4.99 Å². The van der Waals surface area contributed by atoms with Crippen molar-refractivity contribution in [2.24, 2.45) is 4.99 Å². The van der Waals surface area contributed by atoms with Crippen LogP contribution in [0.5, 0.6) is 0 Å². The molecule has 1 aromatic carbocycles. The number of carbonyl (C=O) groups is 1. The van der Waals surface area contributed by atoms with E-state index in [1.165, 1.54) is 9.78 Å². The van der Waals surface area contributed by atoms with E-state index in [4.69, 9.17) is 0 Å². The van der Waals surface area contributed by atoms with E-state index in [2.05, 4.69) is 50.6 Å². The van der Waals surface area contributed by atoms with Gasteiger partial charge in [0.25, 0.3) is 0 Å². The third kappa shape index (κ3) is 7.24. The van der Waals surface area contributed by atoms with Crippen molar-refractivity contribution in [3.63, 3.8) is 0 Å². The molecule has 2 rings (SSSR count). The van der Waals surface area contributed by atoms with Gasteiger partial charge in [-0.2, -0.15) is 0 Å². The maximum absolute atomic E-state index is 11.8. The molecule has 26 heavy (non-hydrogen) atoms. The summed E-state index contributed by atoms with van der Waals surface area (Å²) in [5.74, 6) is 0.581. The van der Waals surface area contributed by atoms with Gasteiger partial charge < -0.3 is 15.5 Å². The maximum Gasteiger partial charge on any atom is 0.243 e. The van der Waals surface area contributed by atoms with Crippen LogP contribution in [-0.2, 0) is 11.3 Å². The first-order valence-corrected chi connectivity index (χ1v) is 9.66. The van der Waals surface area contributed by atoms with E-state index in [9.17, 15) is 4.79 Å². The number of carbonyl (C=O) groups excluding carboxylic acids is 1. The third-order valence-electron chi connectivity index (χ3n) is 3.61. The van der Waals surface area contributed by atoms with E-state index in [0.717, 1.165) is 10.0 Å². The van der Waals surface area contributed by atoms with Crippen LogP contribution in [0, 0.1) is 0 Å². The summed E-state index contributed by atoms with van der Waals surface area (Å²) in [5.41, 5.74) is 1.13. The summed E-state index contributed by atoms with van der Waals surface area (Å²) >= 11 is 5.26. The number of halogens is 2. The Morgan fingerprint density at radius 1 is 1.27 bits per heavy atom. The van der Waals surface area contributed by atoms with Crippen LogP contribution in [0.4, 0.5) is 0 Å². The summed E-state index contributed by atoms with van der Waals surface area (Å²) in [5, 5.41) is 8.72. The largest absolute Gasteiger partial charge is 0.351 e. The standard InChI is InChI=1S/C18H23BrN4OS.HI/c1-13(15-8-4-5-9-16(15)19)22-18(21-12-17(24)23(2)3)20-11-14-7-6-10-25-14;/h4-10,13H,11-12H2,1-3H3,(H2,20,21,22);1H. The lowest BCUT2D eigenvalue weighted by Crippen LogP contribution is -2.39. The predicted octanol–water partition coefficient (Wildman–Crippen LogP) is 4.01. The molecule has 0 bridgehead atoms. The number of nitrogens with one attached hydrogen (secondary N) is 2. The van der Waals surface area contributed by atoms with Gasteiger partial charge in [-0.1, -0.05) is 40.2 Å². The Kier molecular flexibility index (Phi) is 10.2. The maximum atomic E-state index is 11.8. The molecule has 0 saturated heterocycles. The van der Waals surface area contributed by atoms with E-state index in [0.29, 0.717) is 12.5 Å². The second kappa shape index (κ2) is 11.6. The summed E-state index contributed by atoms with van der Waals surface area (Å²) in [6.45, 7) is 2.84. The average molecular weight is 551 g/mol. The van der Waals surface area contributed by atoms with Crippen LogP contribution in [0.3, 0.4) is 0 Å². The number of nitrogens with zero attached hydrogens (tertiary/aromatic N) is 2. The molecule has 1 atom stereocenters. The molecule has 0 spiro atoms. The SMILES string of the molecule is CC(NC(=NCC(=O)N(C)C)NCc1cccs1)c1ccccc1Br.I. The second-order valence-electron chi connectivity index (χ2n) is 5.77. The number of aliphatic imine (C=N–C) groups is 1. The van der Waals surface area contributed by atoms with Gasteiger partial charge in [-0.05, 0) is 30.0 Å². The van der Waals surface area contributed by atoms with E-state index >= 15 is 0 Å². The van der Waals surface area contributed by atoms with Gasteiger partial charge in [0, 0.05) is 23.4 Å². The molecule has 5 nitrogen and oxygen atoms in total. The highest BCUT2D eigenvalue weighted by atomic mass is 127. The van der Waals surface area contributed by atoms with E-state index in [1.807, 2.05) is 29.6 Å². The highest BCUT2D eigenvalue weighted by Gasteiger charge is 2.12. The Bertz CT molecular complexity index is 722. The van der Waals surface area contributed by atoms with Gasteiger partial charge in [-0.15, -0.1) is 35.3 Å². The Morgan fingerprint density at radius 2 is 2.00 bits per heavy atom. The molecule has 1 aromatic heterocycles. The molecule has 2 N–H and O–H groups in total. The van der Waals surface area contributed by atoms with Crippen LogP contribution in [0.2, 0.25) is 0 Å². The van der Waals surface area contributed by atoms with E-state index < -0.39 is 0 Å². The van der Waals surface area contributed by atoms with Crippen LogP contribution in [-0.4, -0.2) is 37.4 Å². The molecule has 1 amide bonds. The third-order valence-corrected chi connectivity index (χ3v) is 5.20. The van der Waals surface area contributed by atoms with Gasteiger partial charge in [0.2, 0.25) is 5.91 Å². The molecule has 8 heteroatoms. The fourth-order valence-electron chi connectivity index (χ4n) is 2.13. The van der Waals surface area contributed by atoms with Crippen LogP contribution in [0.15, 0.2) is 51.2 Å². The Labute approximate surface area is 184 Å². The summed E-state index contributed by atoms with van der Waals surface area (Å²) in [7, 11) is 3.46. The number of likely N-dealkylation sites (N-methyl/N-ethyl adjacent to an activating group) is 1. The number of guanidine groups is 1. The van der Waals surface area contributed by atoms with Crippen molar-refractivity contribution >= 4 is 63.1 Å². The normalized spacial score (nSPS) is 12.1. The first-order valence-electron chi connectivity index (χ1n) is 7.99. The smallest absolute Gasteiger partial charge is 0.243 e. The molecule has 0 aliphatic rings. The molecular formula is C18H24BrIN4OS. The molecule has 1 heterocycles. The molecule has 1 unspecified atom stereocenters. The van der Waals surface area contributed by atoms with Crippen molar-refractivity contribution in [3.05, 3.63) is 56.7 Å². The molecule has 0 fully saturated rings. The number of hydrogen-bond acceptors (Lipinski definition) is 3. The fraction of sp³-hybridized carbons (Fsp3) is 0.333. The quantitative estimate of drug-likeness (QED) is 0.324. The Hall–Kier alpha value is -1.13. The lowest BCUT2D eigenvalue weighted by molar-refractivity contribution is -0.127. The summed E-state index contributed by atoms with van der Waals surface area (Å²) in [4.78, 5) is 19.0. The zero-order valence-corrected chi connectivity index (χ0v) is 19.8.